The number of nitrogens with two attached hydrogens (primary N) is 2. The van der Waals surface area contributed by atoms with Gasteiger partial charge < -0.3 is 10.1 Å². The van der Waals surface area contributed by atoms with Gasteiger partial charge in [0.2, 0.25) is 0 Å². The van der Waals surface area contributed by atoms with Crippen molar-refractivity contribution >= 4 is 5.97 Å². The molecular formula is C5H8N4O4. The van der Waals surface area contributed by atoms with E-state index in [1.54, 1.807) is 0 Å². The summed E-state index contributed by atoms with van der Waals surface area (Å²) < 4.78 is 0. The molecule has 13 heavy (non-hydrogen) atoms. The zero-order valence-corrected chi connectivity index (χ0v) is 6.40. The first-order valence-electron chi connectivity index (χ1n) is 3.00. The minimum absolute atomic E-state index is 0.418. The standard InChI is InChI=1S/C5H4N2O4.H4N2/c8-3-1-2(4(9)10)6-5(11)7-3;1-2/h1H,(H,9,10)(H2,6,7,8,11);1-2H2. The van der Waals surface area contributed by atoms with Gasteiger partial charge in [0.15, 0.2) is 0 Å². The van der Waals surface area contributed by atoms with Crippen LogP contribution >= 0.6 is 0 Å². The van der Waals surface area contributed by atoms with E-state index in [9.17, 15) is 14.4 Å². The topological polar surface area (TPSA) is 155 Å². The number of carboxylic acid groups (broad SMARTS) is 1. The van der Waals surface area contributed by atoms with Crippen molar-refractivity contribution in [3.63, 3.8) is 0 Å². The van der Waals surface area contributed by atoms with Crippen LogP contribution in [0.3, 0.4) is 0 Å². The summed E-state index contributed by atoms with van der Waals surface area (Å²) in [7, 11) is 0. The number of hydrogen-bond acceptors (Lipinski definition) is 5. The van der Waals surface area contributed by atoms with Crippen LogP contribution in [0, 0.1) is 0 Å². The summed E-state index contributed by atoms with van der Waals surface area (Å²) >= 11 is 0. The molecule has 0 aliphatic rings. The summed E-state index contributed by atoms with van der Waals surface area (Å²) in [6, 6.07) is 0.795. The lowest BCUT2D eigenvalue weighted by atomic mass is 10.4. The van der Waals surface area contributed by atoms with Crippen LogP contribution in [0.15, 0.2) is 15.7 Å². The lowest BCUT2D eigenvalue weighted by Crippen LogP contribution is -2.24. The van der Waals surface area contributed by atoms with Crippen molar-refractivity contribution in [1.29, 1.82) is 0 Å². The van der Waals surface area contributed by atoms with E-state index in [0.717, 1.165) is 6.07 Å². The van der Waals surface area contributed by atoms with Gasteiger partial charge in [-0.15, -0.1) is 0 Å². The molecule has 0 spiro atoms. The molecule has 0 aliphatic carbocycles. The van der Waals surface area contributed by atoms with Crippen LogP contribution in [-0.2, 0) is 0 Å². The molecule has 0 saturated carbocycles. The highest BCUT2D eigenvalue weighted by molar-refractivity contribution is 5.84. The zero-order valence-electron chi connectivity index (χ0n) is 6.40. The molecule has 1 heterocycles. The predicted molar refractivity (Wildman–Crippen MR) is 43.0 cm³/mol. The first-order chi connectivity index (χ1) is 6.09. The lowest BCUT2D eigenvalue weighted by Gasteiger charge is -1.89. The van der Waals surface area contributed by atoms with E-state index < -0.39 is 22.9 Å². The maximum Gasteiger partial charge on any atom is 0.352 e. The van der Waals surface area contributed by atoms with Crippen LogP contribution < -0.4 is 22.9 Å². The third kappa shape index (κ3) is 3.31. The minimum Gasteiger partial charge on any atom is -0.477 e. The van der Waals surface area contributed by atoms with E-state index in [1.807, 2.05) is 9.97 Å². The van der Waals surface area contributed by atoms with Gasteiger partial charge in [0.05, 0.1) is 0 Å². The number of aromatic nitrogens is 2. The fourth-order valence-electron chi connectivity index (χ4n) is 0.584. The van der Waals surface area contributed by atoms with E-state index >= 15 is 0 Å². The lowest BCUT2D eigenvalue weighted by molar-refractivity contribution is 0.0689. The molecule has 0 atom stereocenters. The fourth-order valence-corrected chi connectivity index (χ4v) is 0.584. The predicted octanol–water partition coefficient (Wildman–Crippen LogP) is -2.42. The first kappa shape index (κ1) is 11.1. The minimum atomic E-state index is -1.34. The molecule has 0 radical (unpaired) electrons. The van der Waals surface area contributed by atoms with E-state index in [-0.39, 0.29) is 0 Å². The van der Waals surface area contributed by atoms with Crippen LogP contribution in [-0.4, -0.2) is 21.0 Å². The molecular weight excluding hydrogens is 180 g/mol. The van der Waals surface area contributed by atoms with Crippen molar-refractivity contribution in [3.05, 3.63) is 32.6 Å². The third-order valence-corrected chi connectivity index (χ3v) is 0.991. The number of carbonyl (C=O) groups is 1. The molecule has 0 saturated heterocycles. The summed E-state index contributed by atoms with van der Waals surface area (Å²) in [6.45, 7) is 0. The Morgan fingerprint density at radius 1 is 1.31 bits per heavy atom. The number of aromatic carboxylic acids is 1. The second-order valence-corrected chi connectivity index (χ2v) is 1.81. The van der Waals surface area contributed by atoms with Gasteiger partial charge in [-0.25, -0.2) is 9.59 Å². The second-order valence-electron chi connectivity index (χ2n) is 1.81. The van der Waals surface area contributed by atoms with E-state index in [2.05, 4.69) is 11.7 Å². The summed E-state index contributed by atoms with van der Waals surface area (Å²) in [5.74, 6) is 6.66. The van der Waals surface area contributed by atoms with Crippen molar-refractivity contribution in [2.75, 3.05) is 0 Å². The van der Waals surface area contributed by atoms with Gasteiger partial charge in [0.1, 0.15) is 5.69 Å². The maximum absolute atomic E-state index is 10.5. The van der Waals surface area contributed by atoms with Crippen molar-refractivity contribution in [2.24, 2.45) is 11.7 Å². The largest absolute Gasteiger partial charge is 0.477 e. The first-order valence-corrected chi connectivity index (χ1v) is 3.00. The summed E-state index contributed by atoms with van der Waals surface area (Å²) in [5, 5.41) is 8.31. The molecule has 0 bridgehead atoms. The van der Waals surface area contributed by atoms with Gasteiger partial charge >= 0.3 is 11.7 Å². The van der Waals surface area contributed by atoms with Crippen molar-refractivity contribution in [3.8, 4) is 0 Å². The molecule has 0 aliphatic heterocycles. The second kappa shape index (κ2) is 4.85. The Kier molecular flexibility index (Phi) is 4.13. The monoisotopic (exact) mass is 188 g/mol. The molecule has 7 N–H and O–H groups in total. The van der Waals surface area contributed by atoms with Crippen LogP contribution in [0.25, 0.3) is 0 Å². The fraction of sp³-hybridized carbons (Fsp3) is 0. The highest BCUT2D eigenvalue weighted by Crippen LogP contribution is 1.81. The Bertz CT molecular complexity index is 364. The average molecular weight is 188 g/mol. The Labute approximate surface area is 71.2 Å². The number of carboxylic acids is 1. The molecule has 1 rings (SSSR count). The molecule has 0 unspecified atom stereocenters. The molecule has 8 nitrogen and oxygen atoms in total. The molecule has 0 fully saturated rings. The number of H-pyrrole nitrogens is 2. The third-order valence-electron chi connectivity index (χ3n) is 0.991. The van der Waals surface area contributed by atoms with Gasteiger partial charge in [-0.3, -0.25) is 21.5 Å². The van der Waals surface area contributed by atoms with Crippen molar-refractivity contribution in [1.82, 2.24) is 9.97 Å². The van der Waals surface area contributed by atoms with Crippen molar-refractivity contribution < 1.29 is 9.90 Å². The Morgan fingerprint density at radius 3 is 2.23 bits per heavy atom. The Hall–Kier alpha value is -1.93. The Morgan fingerprint density at radius 2 is 1.85 bits per heavy atom. The van der Waals surface area contributed by atoms with Gasteiger partial charge in [0, 0.05) is 6.07 Å². The average Bonchev–Trinajstić information content (AvgIpc) is 2.06. The van der Waals surface area contributed by atoms with Crippen LogP contribution in [0.5, 0.6) is 0 Å². The molecule has 1 aromatic rings. The summed E-state index contributed by atoms with van der Waals surface area (Å²) in [6.07, 6.45) is 0. The quantitative estimate of drug-likeness (QED) is 0.244. The molecule has 0 amide bonds. The van der Waals surface area contributed by atoms with Gasteiger partial charge in [-0.2, -0.15) is 0 Å². The maximum atomic E-state index is 10.5. The van der Waals surface area contributed by atoms with Gasteiger partial charge in [-0.1, -0.05) is 0 Å². The number of hydrogen-bond donors (Lipinski definition) is 5. The van der Waals surface area contributed by atoms with E-state index in [0.29, 0.717) is 0 Å². The van der Waals surface area contributed by atoms with Crippen molar-refractivity contribution in [2.45, 2.75) is 0 Å². The van der Waals surface area contributed by atoms with Crippen LogP contribution in [0.4, 0.5) is 0 Å². The summed E-state index contributed by atoms with van der Waals surface area (Å²) in [4.78, 5) is 34.9. The molecule has 8 heteroatoms. The van der Waals surface area contributed by atoms with E-state index in [4.69, 9.17) is 5.11 Å². The van der Waals surface area contributed by atoms with Gasteiger partial charge in [-0.05, 0) is 0 Å². The van der Waals surface area contributed by atoms with Crippen LogP contribution in [0.1, 0.15) is 10.5 Å². The smallest absolute Gasteiger partial charge is 0.352 e. The van der Waals surface area contributed by atoms with Crippen LogP contribution in [0.2, 0.25) is 0 Å². The molecule has 72 valence electrons. The number of rotatable bonds is 1. The zero-order chi connectivity index (χ0) is 10.4. The van der Waals surface area contributed by atoms with E-state index in [1.165, 1.54) is 0 Å². The molecule has 0 aromatic carbocycles. The number of nitrogens with one attached hydrogen (secondary N) is 2. The molecule has 1 aromatic heterocycles. The highest BCUT2D eigenvalue weighted by atomic mass is 16.4. The number of aromatic amines is 2. The van der Waals surface area contributed by atoms with Gasteiger partial charge in [0.25, 0.3) is 5.56 Å². The Balaban J connectivity index is 0.000000671. The number of hydrazine groups is 1. The summed E-state index contributed by atoms with van der Waals surface area (Å²) in [5.41, 5.74) is -1.97. The SMILES string of the molecule is NN.O=C(O)c1cc(=O)[nH]c(=O)[nH]1. The highest BCUT2D eigenvalue weighted by Gasteiger charge is 2.03. The normalized spacial score (nSPS) is 8.46.